The predicted octanol–water partition coefficient (Wildman–Crippen LogP) is 3.86. The van der Waals surface area contributed by atoms with Gasteiger partial charge in [0.2, 0.25) is 0 Å². The van der Waals surface area contributed by atoms with Crippen molar-refractivity contribution in [3.8, 4) is 5.75 Å². The monoisotopic (exact) mass is 292 g/mol. The van der Waals surface area contributed by atoms with Crippen LogP contribution in [0.1, 0.15) is 51.1 Å². The maximum atomic E-state index is 5.34. The third kappa shape index (κ3) is 6.49. The number of nitrogens with zero attached hydrogens (tertiary/aromatic N) is 1. The molecule has 3 heteroatoms. The fourth-order valence-electron chi connectivity index (χ4n) is 2.56. The molecule has 0 saturated heterocycles. The lowest BCUT2D eigenvalue weighted by atomic mass is 10.0. The van der Waals surface area contributed by atoms with E-state index in [1.165, 1.54) is 31.2 Å². The number of nitrogens with one attached hydrogen (secondary N) is 1. The molecule has 0 aliphatic rings. The quantitative estimate of drug-likeness (QED) is 0.663. The maximum Gasteiger partial charge on any atom is 0.119 e. The molecule has 2 atom stereocenters. The highest BCUT2D eigenvalue weighted by molar-refractivity contribution is 5.30. The third-order valence-corrected chi connectivity index (χ3v) is 4.00. The second kappa shape index (κ2) is 9.80. The van der Waals surface area contributed by atoms with Crippen LogP contribution in [-0.4, -0.2) is 38.7 Å². The Morgan fingerprint density at radius 2 is 2.00 bits per heavy atom. The molecule has 0 amide bonds. The Labute approximate surface area is 130 Å². The summed E-state index contributed by atoms with van der Waals surface area (Å²) < 4.78 is 5.34. The Morgan fingerprint density at radius 3 is 2.62 bits per heavy atom. The Balaban J connectivity index is 2.57. The SMILES string of the molecule is CCCCCC(C)NCC(c1cccc(OC)c1)N(C)C. The second-order valence-electron chi connectivity index (χ2n) is 6.06. The molecule has 0 saturated carbocycles. The number of benzene rings is 1. The lowest BCUT2D eigenvalue weighted by molar-refractivity contribution is 0.277. The van der Waals surface area contributed by atoms with Gasteiger partial charge in [0.15, 0.2) is 0 Å². The fourth-order valence-corrected chi connectivity index (χ4v) is 2.56. The third-order valence-electron chi connectivity index (χ3n) is 4.00. The van der Waals surface area contributed by atoms with Crippen LogP contribution in [0.5, 0.6) is 5.75 Å². The van der Waals surface area contributed by atoms with Crippen molar-refractivity contribution in [2.45, 2.75) is 51.6 Å². The van der Waals surface area contributed by atoms with E-state index in [1.54, 1.807) is 7.11 Å². The van der Waals surface area contributed by atoms with E-state index in [0.717, 1.165) is 12.3 Å². The molecule has 0 bridgehead atoms. The smallest absolute Gasteiger partial charge is 0.119 e. The first-order valence-corrected chi connectivity index (χ1v) is 8.12. The van der Waals surface area contributed by atoms with Crippen LogP contribution in [0.4, 0.5) is 0 Å². The van der Waals surface area contributed by atoms with Crippen molar-refractivity contribution in [2.75, 3.05) is 27.7 Å². The molecule has 1 aromatic carbocycles. The zero-order valence-corrected chi connectivity index (χ0v) is 14.4. The Morgan fingerprint density at radius 1 is 1.24 bits per heavy atom. The van der Waals surface area contributed by atoms with Crippen LogP contribution in [0.25, 0.3) is 0 Å². The number of unbranched alkanes of at least 4 members (excludes halogenated alkanes) is 2. The van der Waals surface area contributed by atoms with Gasteiger partial charge < -0.3 is 15.0 Å². The molecule has 0 radical (unpaired) electrons. The molecule has 21 heavy (non-hydrogen) atoms. The molecule has 0 fully saturated rings. The Bertz CT molecular complexity index is 393. The topological polar surface area (TPSA) is 24.5 Å². The summed E-state index contributed by atoms with van der Waals surface area (Å²) in [6.45, 7) is 5.50. The van der Waals surface area contributed by atoms with Crippen molar-refractivity contribution >= 4 is 0 Å². The molecule has 1 rings (SSSR count). The van der Waals surface area contributed by atoms with Crippen LogP contribution < -0.4 is 10.1 Å². The first kappa shape index (κ1) is 18.0. The number of likely N-dealkylation sites (N-methyl/N-ethyl adjacent to an activating group) is 1. The average Bonchev–Trinajstić information content (AvgIpc) is 2.47. The molecule has 1 aromatic rings. The minimum atomic E-state index is 0.369. The van der Waals surface area contributed by atoms with E-state index in [0.29, 0.717) is 12.1 Å². The van der Waals surface area contributed by atoms with E-state index in [2.05, 4.69) is 56.4 Å². The molecule has 3 nitrogen and oxygen atoms in total. The summed E-state index contributed by atoms with van der Waals surface area (Å²) in [6.07, 6.45) is 5.19. The zero-order valence-electron chi connectivity index (χ0n) is 14.4. The summed E-state index contributed by atoms with van der Waals surface area (Å²) in [5.41, 5.74) is 1.30. The van der Waals surface area contributed by atoms with E-state index in [-0.39, 0.29) is 0 Å². The summed E-state index contributed by atoms with van der Waals surface area (Å²) in [6, 6.07) is 9.32. The van der Waals surface area contributed by atoms with Crippen molar-refractivity contribution in [1.82, 2.24) is 10.2 Å². The van der Waals surface area contributed by atoms with E-state index in [9.17, 15) is 0 Å². The van der Waals surface area contributed by atoms with Crippen LogP contribution in [-0.2, 0) is 0 Å². The van der Waals surface area contributed by atoms with Gasteiger partial charge in [0.25, 0.3) is 0 Å². The fraction of sp³-hybridized carbons (Fsp3) is 0.667. The van der Waals surface area contributed by atoms with Crippen molar-refractivity contribution in [2.24, 2.45) is 0 Å². The number of ether oxygens (including phenoxy) is 1. The van der Waals surface area contributed by atoms with Crippen molar-refractivity contribution in [1.29, 1.82) is 0 Å². The van der Waals surface area contributed by atoms with Gasteiger partial charge in [-0.2, -0.15) is 0 Å². The molecule has 2 unspecified atom stereocenters. The minimum absolute atomic E-state index is 0.369. The normalized spacial score (nSPS) is 14.2. The standard InChI is InChI=1S/C18H32N2O/c1-6-7-8-10-15(2)19-14-18(20(3)4)16-11-9-12-17(13-16)21-5/h9,11-13,15,18-19H,6-8,10,14H2,1-5H3. The van der Waals surface area contributed by atoms with Gasteiger partial charge in [-0.15, -0.1) is 0 Å². The van der Waals surface area contributed by atoms with E-state index >= 15 is 0 Å². The number of rotatable bonds is 10. The van der Waals surface area contributed by atoms with Crippen molar-refractivity contribution in [3.05, 3.63) is 29.8 Å². The molecule has 0 aromatic heterocycles. The lowest BCUT2D eigenvalue weighted by Crippen LogP contribution is -2.35. The summed E-state index contributed by atoms with van der Waals surface area (Å²) >= 11 is 0. The lowest BCUT2D eigenvalue weighted by Gasteiger charge is -2.27. The summed E-state index contributed by atoms with van der Waals surface area (Å²) in [7, 11) is 5.99. The van der Waals surface area contributed by atoms with Gasteiger partial charge in [0, 0.05) is 18.6 Å². The summed E-state index contributed by atoms with van der Waals surface area (Å²) in [5, 5.41) is 3.68. The molecule has 0 aliphatic carbocycles. The highest BCUT2D eigenvalue weighted by Gasteiger charge is 2.15. The molecule has 0 spiro atoms. The summed E-state index contributed by atoms with van der Waals surface area (Å²) in [5.74, 6) is 0.926. The largest absolute Gasteiger partial charge is 0.497 e. The Hall–Kier alpha value is -1.06. The van der Waals surface area contributed by atoms with Gasteiger partial charge in [-0.1, -0.05) is 38.3 Å². The predicted molar refractivity (Wildman–Crippen MR) is 91.0 cm³/mol. The molecular weight excluding hydrogens is 260 g/mol. The molecule has 1 N–H and O–H groups in total. The first-order chi connectivity index (χ1) is 10.1. The van der Waals surface area contributed by atoms with E-state index < -0.39 is 0 Å². The van der Waals surface area contributed by atoms with Gasteiger partial charge >= 0.3 is 0 Å². The molecule has 120 valence electrons. The van der Waals surface area contributed by atoms with Gasteiger partial charge in [0.1, 0.15) is 5.75 Å². The number of hydrogen-bond acceptors (Lipinski definition) is 3. The highest BCUT2D eigenvalue weighted by atomic mass is 16.5. The second-order valence-corrected chi connectivity index (χ2v) is 6.06. The average molecular weight is 292 g/mol. The van der Waals surface area contributed by atoms with Gasteiger partial charge in [-0.25, -0.2) is 0 Å². The molecule has 0 aliphatic heterocycles. The van der Waals surface area contributed by atoms with Gasteiger partial charge in [-0.05, 0) is 45.1 Å². The molecule has 0 heterocycles. The van der Waals surface area contributed by atoms with Crippen LogP contribution >= 0.6 is 0 Å². The maximum absolute atomic E-state index is 5.34. The zero-order chi connectivity index (χ0) is 15.7. The summed E-state index contributed by atoms with van der Waals surface area (Å²) in [4.78, 5) is 2.26. The Kier molecular flexibility index (Phi) is 8.40. The van der Waals surface area contributed by atoms with Crippen molar-refractivity contribution in [3.63, 3.8) is 0 Å². The minimum Gasteiger partial charge on any atom is -0.497 e. The van der Waals surface area contributed by atoms with Crippen LogP contribution in [0.2, 0.25) is 0 Å². The van der Waals surface area contributed by atoms with Crippen molar-refractivity contribution < 1.29 is 4.74 Å². The van der Waals surface area contributed by atoms with Gasteiger partial charge in [-0.3, -0.25) is 0 Å². The number of hydrogen-bond donors (Lipinski definition) is 1. The van der Waals surface area contributed by atoms with E-state index in [4.69, 9.17) is 4.74 Å². The van der Waals surface area contributed by atoms with Crippen LogP contribution in [0, 0.1) is 0 Å². The van der Waals surface area contributed by atoms with Crippen LogP contribution in [0.15, 0.2) is 24.3 Å². The van der Waals surface area contributed by atoms with Crippen LogP contribution in [0.3, 0.4) is 0 Å². The van der Waals surface area contributed by atoms with E-state index in [1.807, 2.05) is 6.07 Å². The number of methoxy groups -OCH3 is 1. The first-order valence-electron chi connectivity index (χ1n) is 8.12. The molecular formula is C18H32N2O. The van der Waals surface area contributed by atoms with Gasteiger partial charge in [0.05, 0.1) is 7.11 Å². The highest BCUT2D eigenvalue weighted by Crippen LogP contribution is 2.22.